The molecule has 3 nitrogen and oxygen atoms in total. The minimum atomic E-state index is -0.156. The molecule has 0 fully saturated rings. The quantitative estimate of drug-likeness (QED) is 0.168. The third kappa shape index (κ3) is 10.9. The standard InChI is InChI=1S/C39H51NO2.C4H9F/c1-7-11-33(9-3)42-34-20-16-29(17-21-34)38-36-23-18-31(39(41)27(5)15-19-32(40)8-2)25-30(36)12-10-13-37(38)35-22-14-26(4)24-28(35)6;1-2-3-4-5/h14,16-18,20-25,27,32-33H,7-13,15,19,40H2,1-6H3;2-4H2,1H3. The smallest absolute Gasteiger partial charge is 0.165 e. The van der Waals surface area contributed by atoms with Crippen molar-refractivity contribution in [3.63, 3.8) is 0 Å². The van der Waals surface area contributed by atoms with Gasteiger partial charge in [0.1, 0.15) is 5.75 Å². The fourth-order valence-corrected chi connectivity index (χ4v) is 6.47. The van der Waals surface area contributed by atoms with Crippen molar-refractivity contribution in [1.82, 2.24) is 0 Å². The summed E-state index contributed by atoms with van der Waals surface area (Å²) in [5.41, 5.74) is 17.3. The Morgan fingerprint density at radius 2 is 1.57 bits per heavy atom. The minimum Gasteiger partial charge on any atom is -0.490 e. The second kappa shape index (κ2) is 19.5. The van der Waals surface area contributed by atoms with Gasteiger partial charge in [-0.1, -0.05) is 95.5 Å². The summed E-state index contributed by atoms with van der Waals surface area (Å²) in [6.07, 6.45) is 10.8. The molecule has 0 saturated heterocycles. The Kier molecular flexibility index (Phi) is 15.9. The van der Waals surface area contributed by atoms with E-state index in [1.165, 1.54) is 44.5 Å². The molecule has 3 aromatic rings. The SMILES string of the molecule is CCCC(CC)Oc1ccc(C2=C(c3ccc(C)cc3C)CCCc3cc(C(=O)C(C)CCC(N)CC)ccc32)cc1.CCCCF. The molecule has 0 heterocycles. The van der Waals surface area contributed by atoms with E-state index in [1.54, 1.807) is 0 Å². The molecule has 47 heavy (non-hydrogen) atoms. The van der Waals surface area contributed by atoms with Gasteiger partial charge in [0, 0.05) is 17.5 Å². The van der Waals surface area contributed by atoms with Gasteiger partial charge in [-0.25, -0.2) is 0 Å². The van der Waals surface area contributed by atoms with Gasteiger partial charge in [-0.15, -0.1) is 0 Å². The van der Waals surface area contributed by atoms with Gasteiger partial charge >= 0.3 is 0 Å². The molecule has 0 spiro atoms. The van der Waals surface area contributed by atoms with Crippen LogP contribution in [0.15, 0.2) is 60.7 Å². The lowest BCUT2D eigenvalue weighted by Crippen LogP contribution is -2.21. The number of aryl methyl sites for hydroxylation is 3. The maximum absolute atomic E-state index is 13.5. The molecule has 1 aliphatic carbocycles. The zero-order chi connectivity index (χ0) is 34.3. The average Bonchev–Trinajstić information content (AvgIpc) is 3.26. The summed E-state index contributed by atoms with van der Waals surface area (Å²) in [5.74, 6) is 1.13. The van der Waals surface area contributed by atoms with Crippen molar-refractivity contribution >= 4 is 16.9 Å². The first-order valence-electron chi connectivity index (χ1n) is 18.2. The molecule has 1 aliphatic rings. The van der Waals surface area contributed by atoms with Gasteiger partial charge in [0.15, 0.2) is 5.78 Å². The third-order valence-electron chi connectivity index (χ3n) is 9.48. The Morgan fingerprint density at radius 1 is 0.851 bits per heavy atom. The number of carbonyl (C=O) groups excluding carboxylic acids is 1. The average molecular weight is 642 g/mol. The van der Waals surface area contributed by atoms with Crippen LogP contribution < -0.4 is 10.5 Å². The van der Waals surface area contributed by atoms with Crippen molar-refractivity contribution in [2.75, 3.05) is 6.67 Å². The number of Topliss-reactive ketones (excluding diaryl/α,β-unsaturated/α-hetero) is 1. The number of carbonyl (C=O) groups is 1. The van der Waals surface area contributed by atoms with Crippen LogP contribution >= 0.6 is 0 Å². The van der Waals surface area contributed by atoms with Gasteiger partial charge in [-0.2, -0.15) is 0 Å². The van der Waals surface area contributed by atoms with E-state index in [0.29, 0.717) is 0 Å². The predicted octanol–water partition coefficient (Wildman–Crippen LogP) is 11.6. The number of ether oxygens (including phenoxy) is 1. The molecule has 0 aliphatic heterocycles. The first kappa shape index (κ1) is 38.2. The van der Waals surface area contributed by atoms with Gasteiger partial charge in [-0.3, -0.25) is 9.18 Å². The monoisotopic (exact) mass is 641 g/mol. The molecule has 256 valence electrons. The van der Waals surface area contributed by atoms with Crippen LogP contribution in [0.3, 0.4) is 0 Å². The summed E-state index contributed by atoms with van der Waals surface area (Å²) in [7, 11) is 0. The lowest BCUT2D eigenvalue weighted by atomic mass is 9.85. The molecule has 4 rings (SSSR count). The zero-order valence-electron chi connectivity index (χ0n) is 30.3. The molecule has 0 amide bonds. The number of hydrogen-bond acceptors (Lipinski definition) is 3. The number of ketones is 1. The molecule has 0 bridgehead atoms. The number of allylic oxidation sites excluding steroid dienone is 1. The number of hydrogen-bond donors (Lipinski definition) is 1. The van der Waals surface area contributed by atoms with Crippen LogP contribution in [0, 0.1) is 19.8 Å². The highest BCUT2D eigenvalue weighted by Crippen LogP contribution is 2.41. The first-order valence-corrected chi connectivity index (χ1v) is 18.2. The lowest BCUT2D eigenvalue weighted by molar-refractivity contribution is 0.0921. The summed E-state index contributed by atoms with van der Waals surface area (Å²) < 4.78 is 17.3. The number of halogens is 1. The van der Waals surface area contributed by atoms with Crippen molar-refractivity contribution in [1.29, 1.82) is 0 Å². The molecule has 3 atom stereocenters. The maximum atomic E-state index is 13.5. The molecule has 3 unspecified atom stereocenters. The van der Waals surface area contributed by atoms with Gasteiger partial charge in [-0.05, 0) is 129 Å². The largest absolute Gasteiger partial charge is 0.490 e. The summed E-state index contributed by atoms with van der Waals surface area (Å²) in [5, 5.41) is 0. The Hall–Kier alpha value is -3.24. The van der Waals surface area contributed by atoms with E-state index in [9.17, 15) is 9.18 Å². The van der Waals surface area contributed by atoms with Crippen LogP contribution in [-0.4, -0.2) is 24.6 Å². The summed E-state index contributed by atoms with van der Waals surface area (Å²) in [4.78, 5) is 13.5. The number of alkyl halides is 1. The molecular formula is C43H60FNO2. The van der Waals surface area contributed by atoms with Crippen LogP contribution in [-0.2, 0) is 6.42 Å². The Labute approximate surface area is 285 Å². The van der Waals surface area contributed by atoms with Crippen LogP contribution in [0.1, 0.15) is 143 Å². The molecular weight excluding hydrogens is 581 g/mol. The predicted molar refractivity (Wildman–Crippen MR) is 199 cm³/mol. The van der Waals surface area contributed by atoms with Crippen molar-refractivity contribution in [2.24, 2.45) is 11.7 Å². The number of nitrogens with two attached hydrogens (primary N) is 1. The van der Waals surface area contributed by atoms with E-state index in [0.717, 1.165) is 81.9 Å². The number of fused-ring (bicyclic) bond motifs is 1. The zero-order valence-corrected chi connectivity index (χ0v) is 30.3. The molecule has 0 saturated carbocycles. The maximum Gasteiger partial charge on any atom is 0.165 e. The van der Waals surface area contributed by atoms with Crippen molar-refractivity contribution in [3.05, 3.63) is 99.6 Å². The second-order valence-corrected chi connectivity index (χ2v) is 13.4. The van der Waals surface area contributed by atoms with Gasteiger partial charge in [0.25, 0.3) is 0 Å². The van der Waals surface area contributed by atoms with Gasteiger partial charge in [0.05, 0.1) is 12.8 Å². The Morgan fingerprint density at radius 3 is 2.17 bits per heavy atom. The summed E-state index contributed by atoms with van der Waals surface area (Å²) >= 11 is 0. The van der Waals surface area contributed by atoms with E-state index in [4.69, 9.17) is 10.5 Å². The molecule has 3 aromatic carbocycles. The highest BCUT2D eigenvalue weighted by molar-refractivity contribution is 6.02. The van der Waals surface area contributed by atoms with E-state index in [1.807, 2.05) is 13.8 Å². The minimum absolute atomic E-state index is 0.0283. The van der Waals surface area contributed by atoms with E-state index < -0.39 is 0 Å². The first-order chi connectivity index (χ1) is 22.7. The summed E-state index contributed by atoms with van der Waals surface area (Å²) in [6, 6.07) is 22.1. The van der Waals surface area contributed by atoms with E-state index in [-0.39, 0.29) is 30.5 Å². The van der Waals surface area contributed by atoms with Crippen LogP contribution in [0.5, 0.6) is 5.75 Å². The summed E-state index contributed by atoms with van der Waals surface area (Å²) in [6.45, 7) is 14.8. The van der Waals surface area contributed by atoms with Gasteiger partial charge in [0.2, 0.25) is 0 Å². The van der Waals surface area contributed by atoms with Crippen LogP contribution in [0.4, 0.5) is 4.39 Å². The van der Waals surface area contributed by atoms with Crippen molar-refractivity contribution < 1.29 is 13.9 Å². The third-order valence-corrected chi connectivity index (χ3v) is 9.48. The van der Waals surface area contributed by atoms with Crippen molar-refractivity contribution in [2.45, 2.75) is 131 Å². The van der Waals surface area contributed by atoms with Crippen molar-refractivity contribution in [3.8, 4) is 5.75 Å². The number of benzene rings is 3. The molecule has 0 aromatic heterocycles. The second-order valence-electron chi connectivity index (χ2n) is 13.4. The normalized spacial score (nSPS) is 14.7. The highest BCUT2D eigenvalue weighted by atomic mass is 19.1. The van der Waals surface area contributed by atoms with Crippen LogP contribution in [0.2, 0.25) is 0 Å². The lowest BCUT2D eigenvalue weighted by Gasteiger charge is -2.20. The van der Waals surface area contributed by atoms with Gasteiger partial charge < -0.3 is 10.5 Å². The fourth-order valence-electron chi connectivity index (χ4n) is 6.47. The Balaban J connectivity index is 0.00000111. The number of rotatable bonds is 15. The van der Waals surface area contributed by atoms with Crippen LogP contribution in [0.25, 0.3) is 11.1 Å². The van der Waals surface area contributed by atoms with E-state index >= 15 is 0 Å². The molecule has 4 heteroatoms. The number of unbranched alkanes of at least 4 members (excludes halogenated alkanes) is 1. The molecule has 0 radical (unpaired) electrons. The fraction of sp³-hybridized carbons (Fsp3) is 0.512. The Bertz CT molecular complexity index is 1440. The topological polar surface area (TPSA) is 52.3 Å². The highest BCUT2D eigenvalue weighted by Gasteiger charge is 2.24. The van der Waals surface area contributed by atoms with E-state index in [2.05, 4.69) is 95.3 Å². The molecule has 2 N–H and O–H groups in total.